The largest absolute Gasteiger partial charge is 0.341 e. The number of benzene rings is 1. The molecule has 0 spiro atoms. The molecule has 0 radical (unpaired) electrons. The molecule has 2 unspecified atom stereocenters. The highest BCUT2D eigenvalue weighted by Crippen LogP contribution is 2.32. The highest BCUT2D eigenvalue weighted by atomic mass is 19.1. The molecule has 5 heteroatoms. The summed E-state index contributed by atoms with van der Waals surface area (Å²) < 4.78 is 13.8. The first-order chi connectivity index (χ1) is 10.1. The van der Waals surface area contributed by atoms with Crippen molar-refractivity contribution < 1.29 is 9.18 Å². The normalized spacial score (nSPS) is 21.0. The minimum absolute atomic E-state index is 0.0183. The molecule has 0 aromatic heterocycles. The van der Waals surface area contributed by atoms with Gasteiger partial charge in [-0.3, -0.25) is 4.79 Å². The molecule has 21 heavy (non-hydrogen) atoms. The molecule has 0 aliphatic heterocycles. The molecule has 1 fully saturated rings. The molecule has 2 rings (SSSR count). The van der Waals surface area contributed by atoms with Gasteiger partial charge in [0.15, 0.2) is 0 Å². The predicted octanol–water partition coefficient (Wildman–Crippen LogP) is 2.03. The summed E-state index contributed by atoms with van der Waals surface area (Å²) in [6, 6.07) is 6.18. The van der Waals surface area contributed by atoms with Crippen LogP contribution in [0, 0.1) is 29.0 Å². The molecule has 2 atom stereocenters. The summed E-state index contributed by atoms with van der Waals surface area (Å²) in [4.78, 5) is 14.0. The third-order valence-corrected chi connectivity index (χ3v) is 4.24. The van der Waals surface area contributed by atoms with Crippen LogP contribution in [0.1, 0.15) is 30.4 Å². The first kappa shape index (κ1) is 15.5. The quantitative estimate of drug-likeness (QED) is 0.922. The summed E-state index contributed by atoms with van der Waals surface area (Å²) in [5.41, 5.74) is 6.47. The average molecular weight is 289 g/mol. The van der Waals surface area contributed by atoms with Crippen molar-refractivity contribution in [1.82, 2.24) is 4.90 Å². The third-order valence-electron chi connectivity index (χ3n) is 4.24. The van der Waals surface area contributed by atoms with E-state index in [0.717, 1.165) is 19.3 Å². The fraction of sp³-hybridized carbons (Fsp3) is 0.500. The van der Waals surface area contributed by atoms with E-state index in [1.807, 2.05) is 6.07 Å². The van der Waals surface area contributed by atoms with E-state index in [4.69, 9.17) is 11.0 Å². The van der Waals surface area contributed by atoms with Crippen molar-refractivity contribution in [3.05, 3.63) is 35.1 Å². The van der Waals surface area contributed by atoms with Gasteiger partial charge in [-0.05, 0) is 43.5 Å². The number of nitrogens with two attached hydrogens (primary N) is 1. The van der Waals surface area contributed by atoms with Gasteiger partial charge in [0.1, 0.15) is 5.82 Å². The molecule has 1 saturated carbocycles. The Morgan fingerprint density at radius 3 is 2.95 bits per heavy atom. The first-order valence-corrected chi connectivity index (χ1v) is 7.20. The van der Waals surface area contributed by atoms with Gasteiger partial charge in [-0.15, -0.1) is 0 Å². The maximum absolute atomic E-state index is 13.8. The number of hydrogen-bond acceptors (Lipinski definition) is 3. The van der Waals surface area contributed by atoms with Crippen LogP contribution in [0.5, 0.6) is 0 Å². The fourth-order valence-corrected chi connectivity index (χ4v) is 3.03. The topological polar surface area (TPSA) is 70.1 Å². The molecule has 0 heterocycles. The van der Waals surface area contributed by atoms with Crippen molar-refractivity contribution in [2.75, 3.05) is 13.6 Å². The van der Waals surface area contributed by atoms with Crippen molar-refractivity contribution in [2.24, 2.45) is 17.6 Å². The molecule has 1 aliphatic rings. The van der Waals surface area contributed by atoms with Crippen LogP contribution in [0.2, 0.25) is 0 Å². The number of amides is 1. The third kappa shape index (κ3) is 3.40. The van der Waals surface area contributed by atoms with Crippen LogP contribution >= 0.6 is 0 Å². The minimum Gasteiger partial charge on any atom is -0.341 e. The lowest BCUT2D eigenvalue weighted by Gasteiger charge is -2.24. The Hall–Kier alpha value is -1.93. The van der Waals surface area contributed by atoms with E-state index in [9.17, 15) is 9.18 Å². The van der Waals surface area contributed by atoms with Crippen LogP contribution < -0.4 is 5.73 Å². The lowest BCUT2D eigenvalue weighted by molar-refractivity contribution is -0.135. The highest BCUT2D eigenvalue weighted by Gasteiger charge is 2.33. The average Bonchev–Trinajstić information content (AvgIpc) is 2.97. The molecule has 112 valence electrons. The van der Waals surface area contributed by atoms with Gasteiger partial charge in [-0.2, -0.15) is 5.26 Å². The van der Waals surface area contributed by atoms with Gasteiger partial charge in [-0.25, -0.2) is 4.39 Å². The van der Waals surface area contributed by atoms with Gasteiger partial charge in [0.2, 0.25) is 5.91 Å². The molecule has 1 aromatic carbocycles. The summed E-state index contributed by atoms with van der Waals surface area (Å²) in [6.07, 6.45) is 2.86. The first-order valence-electron chi connectivity index (χ1n) is 7.20. The van der Waals surface area contributed by atoms with E-state index in [0.29, 0.717) is 17.7 Å². The number of carbonyl (C=O) groups excluding carboxylic acids is 1. The van der Waals surface area contributed by atoms with Crippen molar-refractivity contribution in [3.8, 4) is 6.07 Å². The number of rotatable bonds is 4. The van der Waals surface area contributed by atoms with Crippen molar-refractivity contribution in [3.63, 3.8) is 0 Å². The van der Waals surface area contributed by atoms with E-state index in [-0.39, 0.29) is 24.3 Å². The molecule has 0 saturated heterocycles. The molecule has 1 amide bonds. The lowest BCUT2D eigenvalue weighted by atomic mass is 9.94. The van der Waals surface area contributed by atoms with Crippen LogP contribution in [0.4, 0.5) is 4.39 Å². The van der Waals surface area contributed by atoms with E-state index in [2.05, 4.69) is 0 Å². The molecule has 1 aromatic rings. The van der Waals surface area contributed by atoms with Crippen LogP contribution in [0.15, 0.2) is 18.2 Å². The number of carbonyl (C=O) groups is 1. The molecular weight excluding hydrogens is 269 g/mol. The number of nitrogens with zero attached hydrogens (tertiary/aromatic N) is 2. The molecule has 0 bridgehead atoms. The van der Waals surface area contributed by atoms with Crippen molar-refractivity contribution in [1.29, 1.82) is 5.26 Å². The fourth-order valence-electron chi connectivity index (χ4n) is 3.03. The van der Waals surface area contributed by atoms with E-state index in [1.165, 1.54) is 23.1 Å². The second-order valence-electron chi connectivity index (χ2n) is 5.65. The number of nitriles is 1. The molecule has 2 N–H and O–H groups in total. The van der Waals surface area contributed by atoms with E-state index >= 15 is 0 Å². The van der Waals surface area contributed by atoms with Crippen LogP contribution in [0.25, 0.3) is 0 Å². The summed E-state index contributed by atoms with van der Waals surface area (Å²) in [6.45, 7) is 0.691. The number of halogens is 1. The van der Waals surface area contributed by atoms with Gasteiger partial charge >= 0.3 is 0 Å². The maximum atomic E-state index is 13.8. The summed E-state index contributed by atoms with van der Waals surface area (Å²) in [5.74, 6) is -0.197. The monoisotopic (exact) mass is 289 g/mol. The van der Waals surface area contributed by atoms with E-state index < -0.39 is 5.82 Å². The Kier molecular flexibility index (Phi) is 4.92. The van der Waals surface area contributed by atoms with Gasteiger partial charge in [0.25, 0.3) is 0 Å². The Morgan fingerprint density at radius 1 is 1.52 bits per heavy atom. The smallest absolute Gasteiger partial charge is 0.226 e. The van der Waals surface area contributed by atoms with Crippen LogP contribution in [-0.2, 0) is 11.3 Å². The molecule has 1 aliphatic carbocycles. The van der Waals surface area contributed by atoms with E-state index in [1.54, 1.807) is 7.05 Å². The molecule has 4 nitrogen and oxygen atoms in total. The number of hydrogen-bond donors (Lipinski definition) is 1. The summed E-state index contributed by atoms with van der Waals surface area (Å²) in [7, 11) is 1.67. The lowest BCUT2D eigenvalue weighted by Crippen LogP contribution is -2.36. The van der Waals surface area contributed by atoms with Crippen LogP contribution in [0.3, 0.4) is 0 Å². The van der Waals surface area contributed by atoms with Gasteiger partial charge < -0.3 is 10.6 Å². The Balaban J connectivity index is 2.09. The van der Waals surface area contributed by atoms with Crippen molar-refractivity contribution >= 4 is 5.91 Å². The Bertz CT molecular complexity index is 567. The Labute approximate surface area is 124 Å². The molecular formula is C16H20FN3O. The summed E-state index contributed by atoms with van der Waals surface area (Å²) >= 11 is 0. The Morgan fingerprint density at radius 2 is 2.29 bits per heavy atom. The summed E-state index contributed by atoms with van der Waals surface area (Å²) in [5, 5.41) is 8.87. The zero-order valence-corrected chi connectivity index (χ0v) is 12.2. The zero-order valence-electron chi connectivity index (χ0n) is 12.2. The SMILES string of the molecule is CN(Cc1cc(C#N)ccc1F)C(=O)C1CCCC1CN. The second kappa shape index (κ2) is 6.68. The van der Waals surface area contributed by atoms with Gasteiger partial charge in [0.05, 0.1) is 11.6 Å². The van der Waals surface area contributed by atoms with Crippen molar-refractivity contribution in [2.45, 2.75) is 25.8 Å². The maximum Gasteiger partial charge on any atom is 0.226 e. The second-order valence-corrected chi connectivity index (χ2v) is 5.65. The van der Waals surface area contributed by atoms with Crippen LogP contribution in [-0.4, -0.2) is 24.4 Å². The minimum atomic E-state index is -0.393. The standard InChI is InChI=1S/C16H20FN3O/c1-20(16(21)14-4-2-3-12(14)9-19)10-13-7-11(8-18)5-6-15(13)17/h5-7,12,14H,2-4,9-10,19H2,1H3. The van der Waals surface area contributed by atoms with Gasteiger partial charge in [0, 0.05) is 25.1 Å². The predicted molar refractivity (Wildman–Crippen MR) is 77.5 cm³/mol. The van der Waals surface area contributed by atoms with Gasteiger partial charge in [-0.1, -0.05) is 6.42 Å². The highest BCUT2D eigenvalue weighted by molar-refractivity contribution is 5.79. The zero-order chi connectivity index (χ0) is 15.4.